The van der Waals surface area contributed by atoms with Crippen molar-refractivity contribution in [3.63, 3.8) is 0 Å². The zero-order valence-electron chi connectivity index (χ0n) is 17.3. The van der Waals surface area contributed by atoms with E-state index in [1.807, 2.05) is 24.0 Å². The van der Waals surface area contributed by atoms with Gasteiger partial charge in [0.15, 0.2) is 5.96 Å². The summed E-state index contributed by atoms with van der Waals surface area (Å²) in [4.78, 5) is 18.8. The van der Waals surface area contributed by atoms with Crippen LogP contribution in [0.25, 0.3) is 0 Å². The van der Waals surface area contributed by atoms with Crippen molar-refractivity contribution >= 4 is 11.9 Å². The standard InChI is InChI=1S/C22H34N4O2/c1-3-23-21(24-16-20(27)26-14-8-9-15-26)25-17-22(12-6-7-13-22)18-10-4-5-11-19(18)28-2/h4-5,10-11H,3,6-9,12-17H2,1-2H3,(H2,23,24,25). The number of amides is 1. The third kappa shape index (κ3) is 4.78. The van der Waals surface area contributed by atoms with Gasteiger partial charge in [-0.3, -0.25) is 4.79 Å². The van der Waals surface area contributed by atoms with Crippen LogP contribution in [0.15, 0.2) is 29.3 Å². The number of rotatable bonds is 7. The molecule has 2 N–H and O–H groups in total. The highest BCUT2D eigenvalue weighted by atomic mass is 16.5. The molecule has 0 unspecified atom stereocenters. The summed E-state index contributed by atoms with van der Waals surface area (Å²) in [6, 6.07) is 8.34. The second kappa shape index (κ2) is 9.80. The average molecular weight is 387 g/mol. The molecule has 0 atom stereocenters. The number of para-hydroxylation sites is 1. The number of carbonyl (C=O) groups is 1. The minimum Gasteiger partial charge on any atom is -0.496 e. The topological polar surface area (TPSA) is 66.0 Å². The van der Waals surface area contributed by atoms with Crippen molar-refractivity contribution in [3.05, 3.63) is 29.8 Å². The molecule has 6 heteroatoms. The van der Waals surface area contributed by atoms with Gasteiger partial charge in [0.1, 0.15) is 12.3 Å². The van der Waals surface area contributed by atoms with Crippen molar-refractivity contribution in [2.75, 3.05) is 39.8 Å². The SMILES string of the molecule is CCNC(=NCC(=O)N1CCCC1)NCC1(c2ccccc2OC)CCCC1. The second-order valence-electron chi connectivity index (χ2n) is 7.82. The van der Waals surface area contributed by atoms with Crippen molar-refractivity contribution < 1.29 is 9.53 Å². The number of guanidine groups is 1. The summed E-state index contributed by atoms with van der Waals surface area (Å²) in [7, 11) is 1.74. The number of aliphatic imine (C=N–C) groups is 1. The number of ether oxygens (including phenoxy) is 1. The molecule has 1 saturated carbocycles. The first kappa shape index (κ1) is 20.5. The van der Waals surface area contributed by atoms with E-state index in [9.17, 15) is 4.79 Å². The van der Waals surface area contributed by atoms with E-state index in [1.165, 1.54) is 18.4 Å². The molecule has 1 amide bonds. The van der Waals surface area contributed by atoms with Gasteiger partial charge in [-0.25, -0.2) is 4.99 Å². The van der Waals surface area contributed by atoms with Gasteiger partial charge in [0.25, 0.3) is 0 Å². The molecule has 154 valence electrons. The summed E-state index contributed by atoms with van der Waals surface area (Å²) in [6.07, 6.45) is 6.92. The van der Waals surface area contributed by atoms with Crippen molar-refractivity contribution in [1.82, 2.24) is 15.5 Å². The van der Waals surface area contributed by atoms with E-state index in [1.54, 1.807) is 7.11 Å². The Hall–Kier alpha value is -2.24. The molecule has 0 radical (unpaired) electrons. The lowest BCUT2D eigenvalue weighted by Crippen LogP contribution is -2.45. The minimum atomic E-state index is 0.0434. The van der Waals surface area contributed by atoms with E-state index in [2.05, 4.69) is 27.8 Å². The Bertz CT molecular complexity index is 677. The van der Waals surface area contributed by atoms with Crippen LogP contribution in [0.2, 0.25) is 0 Å². The fraction of sp³-hybridized carbons (Fsp3) is 0.636. The molecule has 1 aliphatic heterocycles. The van der Waals surface area contributed by atoms with Gasteiger partial charge in [-0.05, 0) is 38.7 Å². The molecule has 1 heterocycles. The highest BCUT2D eigenvalue weighted by Crippen LogP contribution is 2.44. The van der Waals surface area contributed by atoms with Crippen molar-refractivity contribution in [2.45, 2.75) is 50.9 Å². The summed E-state index contributed by atoms with van der Waals surface area (Å²) in [5, 5.41) is 6.80. The lowest BCUT2D eigenvalue weighted by atomic mass is 9.78. The molecule has 1 aromatic rings. The van der Waals surface area contributed by atoms with Crippen LogP contribution in [-0.4, -0.2) is 56.6 Å². The Kier molecular flexibility index (Phi) is 7.18. The van der Waals surface area contributed by atoms with Crippen molar-refractivity contribution in [1.29, 1.82) is 0 Å². The molecule has 6 nitrogen and oxygen atoms in total. The third-order valence-electron chi connectivity index (χ3n) is 6.01. The van der Waals surface area contributed by atoms with Crippen LogP contribution >= 0.6 is 0 Å². The lowest BCUT2D eigenvalue weighted by Gasteiger charge is -2.32. The quantitative estimate of drug-likeness (QED) is 0.559. The predicted octanol–water partition coefficient (Wildman–Crippen LogP) is 2.68. The largest absolute Gasteiger partial charge is 0.496 e. The summed E-state index contributed by atoms with van der Waals surface area (Å²) in [6.45, 7) is 5.55. The number of nitrogens with zero attached hydrogens (tertiary/aromatic N) is 2. The van der Waals surface area contributed by atoms with Crippen molar-refractivity contribution in [3.8, 4) is 5.75 Å². The Morgan fingerprint density at radius 3 is 2.54 bits per heavy atom. The minimum absolute atomic E-state index is 0.0434. The zero-order valence-corrected chi connectivity index (χ0v) is 17.3. The van der Waals surface area contributed by atoms with Crippen LogP contribution in [0.3, 0.4) is 0 Å². The molecule has 1 saturated heterocycles. The maximum atomic E-state index is 12.3. The van der Waals surface area contributed by atoms with Crippen LogP contribution in [0.5, 0.6) is 5.75 Å². The zero-order chi connectivity index (χ0) is 19.8. The number of hydrogen-bond acceptors (Lipinski definition) is 3. The molecule has 1 aromatic carbocycles. The Labute approximate surface area is 168 Å². The molecule has 0 bridgehead atoms. The first-order chi connectivity index (χ1) is 13.7. The molecule has 2 aliphatic rings. The van der Waals surface area contributed by atoms with E-state index in [0.29, 0.717) is 0 Å². The third-order valence-corrected chi connectivity index (χ3v) is 6.01. The molecule has 3 rings (SSSR count). The highest BCUT2D eigenvalue weighted by molar-refractivity contribution is 5.85. The predicted molar refractivity (Wildman–Crippen MR) is 113 cm³/mol. The Balaban J connectivity index is 1.69. The first-order valence-electron chi connectivity index (χ1n) is 10.6. The van der Waals surface area contributed by atoms with Crippen LogP contribution < -0.4 is 15.4 Å². The fourth-order valence-electron chi connectivity index (χ4n) is 4.48. The number of likely N-dealkylation sites (tertiary alicyclic amines) is 1. The molecular formula is C22H34N4O2. The van der Waals surface area contributed by atoms with Gasteiger partial charge in [0.2, 0.25) is 5.91 Å². The maximum absolute atomic E-state index is 12.3. The molecule has 0 aromatic heterocycles. The lowest BCUT2D eigenvalue weighted by molar-refractivity contribution is -0.128. The summed E-state index contributed by atoms with van der Waals surface area (Å²) >= 11 is 0. The van der Waals surface area contributed by atoms with Gasteiger partial charge in [-0.1, -0.05) is 31.0 Å². The summed E-state index contributed by atoms with van der Waals surface area (Å²) < 4.78 is 5.65. The van der Waals surface area contributed by atoms with Crippen LogP contribution in [0, 0.1) is 0 Å². The summed E-state index contributed by atoms with van der Waals surface area (Å²) in [5.74, 6) is 1.79. The molecule has 0 spiro atoms. The monoisotopic (exact) mass is 386 g/mol. The van der Waals surface area contributed by atoms with Crippen LogP contribution in [0.4, 0.5) is 0 Å². The van der Waals surface area contributed by atoms with Gasteiger partial charge in [0, 0.05) is 37.2 Å². The molecule has 28 heavy (non-hydrogen) atoms. The van der Waals surface area contributed by atoms with Gasteiger partial charge in [-0.15, -0.1) is 0 Å². The molecular weight excluding hydrogens is 352 g/mol. The second-order valence-corrected chi connectivity index (χ2v) is 7.82. The number of carbonyl (C=O) groups excluding carboxylic acids is 1. The molecule has 1 aliphatic carbocycles. The van der Waals surface area contributed by atoms with E-state index in [4.69, 9.17) is 4.74 Å². The summed E-state index contributed by atoms with van der Waals surface area (Å²) in [5.41, 5.74) is 1.31. The number of nitrogens with one attached hydrogen (secondary N) is 2. The normalized spacial score (nSPS) is 18.9. The van der Waals surface area contributed by atoms with Crippen LogP contribution in [-0.2, 0) is 10.2 Å². The smallest absolute Gasteiger partial charge is 0.244 e. The van der Waals surface area contributed by atoms with Gasteiger partial charge in [0.05, 0.1) is 7.11 Å². The van der Waals surface area contributed by atoms with Crippen molar-refractivity contribution in [2.24, 2.45) is 4.99 Å². The Morgan fingerprint density at radius 1 is 1.14 bits per heavy atom. The van der Waals surface area contributed by atoms with Gasteiger partial charge >= 0.3 is 0 Å². The van der Waals surface area contributed by atoms with E-state index in [-0.39, 0.29) is 17.9 Å². The van der Waals surface area contributed by atoms with E-state index >= 15 is 0 Å². The van der Waals surface area contributed by atoms with Gasteiger partial charge in [-0.2, -0.15) is 0 Å². The first-order valence-corrected chi connectivity index (χ1v) is 10.6. The highest BCUT2D eigenvalue weighted by Gasteiger charge is 2.37. The molecule has 2 fully saturated rings. The maximum Gasteiger partial charge on any atom is 0.244 e. The fourth-order valence-corrected chi connectivity index (χ4v) is 4.48. The Morgan fingerprint density at radius 2 is 1.86 bits per heavy atom. The van der Waals surface area contributed by atoms with Gasteiger partial charge < -0.3 is 20.3 Å². The number of hydrogen-bond donors (Lipinski definition) is 2. The van der Waals surface area contributed by atoms with E-state index in [0.717, 1.165) is 63.6 Å². The number of benzene rings is 1. The average Bonchev–Trinajstić information content (AvgIpc) is 3.42. The van der Waals surface area contributed by atoms with E-state index < -0.39 is 0 Å². The number of methoxy groups -OCH3 is 1. The van der Waals surface area contributed by atoms with Crippen LogP contribution in [0.1, 0.15) is 51.0 Å².